The zero-order valence-corrected chi connectivity index (χ0v) is 14.6. The number of carbonyl (C=O) groups is 2. The van der Waals surface area contributed by atoms with Crippen LogP contribution in [-0.2, 0) is 23.8 Å². The number of nitrogens with zero attached hydrogens (tertiary/aromatic N) is 2. The van der Waals surface area contributed by atoms with Gasteiger partial charge in [-0.05, 0) is 25.7 Å². The molecule has 136 valence electrons. The van der Waals surface area contributed by atoms with Gasteiger partial charge in [0, 0.05) is 39.8 Å². The smallest absolute Gasteiger partial charge is 0.248 e. The summed E-state index contributed by atoms with van der Waals surface area (Å²) < 4.78 is 17.1. The summed E-state index contributed by atoms with van der Waals surface area (Å²) in [5, 5.41) is 0. The molecular weight excluding hydrogens is 312 g/mol. The molecule has 0 aromatic carbocycles. The normalized spacial score (nSPS) is 30.9. The minimum Gasteiger partial charge on any atom is -0.381 e. The van der Waals surface area contributed by atoms with Gasteiger partial charge in [-0.1, -0.05) is 0 Å². The topological polar surface area (TPSA) is 68.3 Å². The Morgan fingerprint density at radius 2 is 1.88 bits per heavy atom. The Kier molecular flexibility index (Phi) is 5.73. The van der Waals surface area contributed by atoms with Crippen LogP contribution in [0.25, 0.3) is 0 Å². The van der Waals surface area contributed by atoms with Crippen molar-refractivity contribution in [1.82, 2.24) is 9.80 Å². The molecule has 1 aliphatic carbocycles. The van der Waals surface area contributed by atoms with Crippen molar-refractivity contribution in [1.29, 1.82) is 0 Å². The van der Waals surface area contributed by atoms with Gasteiger partial charge in [0.1, 0.15) is 12.7 Å². The first-order chi connectivity index (χ1) is 11.6. The molecule has 2 saturated heterocycles. The number of likely N-dealkylation sites (N-methyl/N-ethyl adjacent to an activating group) is 1. The number of morpholine rings is 1. The number of hydrogen-bond donors (Lipinski definition) is 0. The van der Waals surface area contributed by atoms with E-state index in [1.165, 1.54) is 4.90 Å². The second kappa shape index (κ2) is 7.80. The molecule has 7 heteroatoms. The molecule has 0 N–H and O–H groups in total. The molecule has 0 aromatic rings. The fraction of sp³-hybridized carbons (Fsp3) is 0.882. The van der Waals surface area contributed by atoms with E-state index in [1.807, 2.05) is 4.90 Å². The third-order valence-corrected chi connectivity index (χ3v) is 5.31. The van der Waals surface area contributed by atoms with Gasteiger partial charge < -0.3 is 24.0 Å². The van der Waals surface area contributed by atoms with Crippen LogP contribution in [0.1, 0.15) is 25.7 Å². The summed E-state index contributed by atoms with van der Waals surface area (Å²) in [6, 6.07) is 0.0774. The van der Waals surface area contributed by atoms with Crippen LogP contribution in [0.3, 0.4) is 0 Å². The molecule has 2 heterocycles. The predicted molar refractivity (Wildman–Crippen MR) is 86.5 cm³/mol. The number of fused-ring (bicyclic) bond motifs is 1. The van der Waals surface area contributed by atoms with Gasteiger partial charge in [-0.2, -0.15) is 0 Å². The second-order valence-corrected chi connectivity index (χ2v) is 7.04. The van der Waals surface area contributed by atoms with Crippen molar-refractivity contribution in [3.8, 4) is 0 Å². The maximum absolute atomic E-state index is 12.9. The molecule has 3 atom stereocenters. The average Bonchev–Trinajstić information content (AvgIpc) is 3.02. The molecule has 0 bridgehead atoms. The van der Waals surface area contributed by atoms with E-state index < -0.39 is 0 Å². The number of amides is 2. The number of ether oxygens (including phenoxy) is 3. The van der Waals surface area contributed by atoms with Crippen LogP contribution in [0, 0.1) is 5.92 Å². The van der Waals surface area contributed by atoms with Crippen LogP contribution in [0.4, 0.5) is 0 Å². The van der Waals surface area contributed by atoms with Crippen LogP contribution in [0.2, 0.25) is 0 Å². The van der Waals surface area contributed by atoms with Gasteiger partial charge in [-0.15, -0.1) is 0 Å². The Balaban J connectivity index is 1.58. The molecule has 24 heavy (non-hydrogen) atoms. The Bertz CT molecular complexity index is 464. The van der Waals surface area contributed by atoms with Crippen LogP contribution in [-0.4, -0.2) is 86.9 Å². The molecule has 3 rings (SSSR count). The lowest BCUT2D eigenvalue weighted by Crippen LogP contribution is -2.55. The first-order valence-corrected chi connectivity index (χ1v) is 8.89. The lowest BCUT2D eigenvalue weighted by molar-refractivity contribution is -0.160. The molecule has 1 saturated carbocycles. The fourth-order valence-corrected chi connectivity index (χ4v) is 3.85. The first kappa shape index (κ1) is 17.6. The largest absolute Gasteiger partial charge is 0.381 e. The van der Waals surface area contributed by atoms with Crippen molar-refractivity contribution in [2.75, 3.05) is 47.1 Å². The summed E-state index contributed by atoms with van der Waals surface area (Å²) in [7, 11) is 3.43. The van der Waals surface area contributed by atoms with E-state index in [0.717, 1.165) is 25.7 Å². The standard InChI is InChI=1S/C17H28N2O5/c1-18(2)15(20)11-24-14-4-3-13-16(14)23-10-7-19(13)17(21)12-5-8-22-9-6-12/h12-14,16H,3-11H2,1-2H3/t13-,14+,16+/m0/s1. The Labute approximate surface area is 143 Å². The number of hydrogen-bond acceptors (Lipinski definition) is 5. The van der Waals surface area contributed by atoms with Crippen LogP contribution in [0.15, 0.2) is 0 Å². The maximum Gasteiger partial charge on any atom is 0.248 e. The van der Waals surface area contributed by atoms with Crippen molar-refractivity contribution >= 4 is 11.8 Å². The minimum absolute atomic E-state index is 0.0515. The number of carbonyl (C=O) groups excluding carboxylic acids is 2. The molecule has 0 radical (unpaired) electrons. The zero-order valence-electron chi connectivity index (χ0n) is 14.6. The van der Waals surface area contributed by atoms with Crippen molar-refractivity contribution in [3.05, 3.63) is 0 Å². The van der Waals surface area contributed by atoms with Crippen molar-refractivity contribution < 1.29 is 23.8 Å². The molecule has 0 spiro atoms. The summed E-state index contributed by atoms with van der Waals surface area (Å²) >= 11 is 0. The van der Waals surface area contributed by atoms with Gasteiger partial charge in [0.2, 0.25) is 11.8 Å². The summed E-state index contributed by atoms with van der Waals surface area (Å²) in [6.07, 6.45) is 3.10. The van der Waals surface area contributed by atoms with E-state index in [4.69, 9.17) is 14.2 Å². The minimum atomic E-state index is -0.113. The van der Waals surface area contributed by atoms with Crippen molar-refractivity contribution in [3.63, 3.8) is 0 Å². The predicted octanol–water partition coefficient (Wildman–Crippen LogP) is 0.276. The fourth-order valence-electron chi connectivity index (χ4n) is 3.85. The molecular formula is C17H28N2O5. The van der Waals surface area contributed by atoms with Crippen LogP contribution < -0.4 is 0 Å². The van der Waals surface area contributed by atoms with E-state index in [-0.39, 0.29) is 42.6 Å². The van der Waals surface area contributed by atoms with Gasteiger partial charge in [0.05, 0.1) is 18.8 Å². The van der Waals surface area contributed by atoms with E-state index in [0.29, 0.717) is 26.4 Å². The molecule has 0 unspecified atom stereocenters. The van der Waals surface area contributed by atoms with Crippen LogP contribution >= 0.6 is 0 Å². The highest BCUT2D eigenvalue weighted by Gasteiger charge is 2.46. The highest BCUT2D eigenvalue weighted by molar-refractivity contribution is 5.79. The molecule has 2 amide bonds. The Morgan fingerprint density at radius 3 is 2.58 bits per heavy atom. The quantitative estimate of drug-likeness (QED) is 0.735. The SMILES string of the molecule is CN(C)C(=O)CO[C@@H]1CC[C@H]2[C@H]1OCCN2C(=O)C1CCOCC1. The van der Waals surface area contributed by atoms with E-state index >= 15 is 0 Å². The average molecular weight is 340 g/mol. The van der Waals surface area contributed by atoms with Gasteiger partial charge in [-0.25, -0.2) is 0 Å². The highest BCUT2D eigenvalue weighted by atomic mass is 16.5. The lowest BCUT2D eigenvalue weighted by atomic mass is 9.97. The summed E-state index contributed by atoms with van der Waals surface area (Å²) in [5.41, 5.74) is 0. The van der Waals surface area contributed by atoms with Gasteiger partial charge in [0.25, 0.3) is 0 Å². The Hall–Kier alpha value is -1.18. The molecule has 3 aliphatic rings. The third kappa shape index (κ3) is 3.73. The summed E-state index contributed by atoms with van der Waals surface area (Å²) in [6.45, 7) is 2.61. The first-order valence-electron chi connectivity index (χ1n) is 8.89. The van der Waals surface area contributed by atoms with Gasteiger partial charge >= 0.3 is 0 Å². The van der Waals surface area contributed by atoms with E-state index in [9.17, 15) is 9.59 Å². The number of rotatable bonds is 4. The highest BCUT2D eigenvalue weighted by Crippen LogP contribution is 2.33. The van der Waals surface area contributed by atoms with Gasteiger partial charge in [0.15, 0.2) is 0 Å². The van der Waals surface area contributed by atoms with Crippen molar-refractivity contribution in [2.24, 2.45) is 5.92 Å². The summed E-state index contributed by atoms with van der Waals surface area (Å²) in [5.74, 6) is 0.263. The van der Waals surface area contributed by atoms with E-state index in [2.05, 4.69) is 0 Å². The second-order valence-electron chi connectivity index (χ2n) is 7.04. The molecule has 0 aromatic heterocycles. The summed E-state index contributed by atoms with van der Waals surface area (Å²) in [4.78, 5) is 28.1. The van der Waals surface area contributed by atoms with Crippen LogP contribution in [0.5, 0.6) is 0 Å². The monoisotopic (exact) mass is 340 g/mol. The maximum atomic E-state index is 12.9. The lowest BCUT2D eigenvalue weighted by Gasteiger charge is -2.41. The molecule has 7 nitrogen and oxygen atoms in total. The van der Waals surface area contributed by atoms with Crippen molar-refractivity contribution in [2.45, 2.75) is 43.9 Å². The third-order valence-electron chi connectivity index (χ3n) is 5.31. The molecule has 2 aliphatic heterocycles. The van der Waals surface area contributed by atoms with E-state index in [1.54, 1.807) is 14.1 Å². The zero-order chi connectivity index (χ0) is 17.1. The molecule has 3 fully saturated rings. The van der Waals surface area contributed by atoms with Gasteiger partial charge in [-0.3, -0.25) is 9.59 Å². The Morgan fingerprint density at radius 1 is 1.12 bits per heavy atom.